The van der Waals surface area contributed by atoms with Crippen LogP contribution in [0.3, 0.4) is 0 Å². The molecular formula is C31H37ClN6O2. The van der Waals surface area contributed by atoms with Gasteiger partial charge in [-0.05, 0) is 69.0 Å². The molecule has 1 aliphatic heterocycles. The maximum absolute atomic E-state index is 10.5. The Kier molecular flexibility index (Phi) is 8.99. The van der Waals surface area contributed by atoms with E-state index in [1.807, 2.05) is 31.2 Å². The summed E-state index contributed by atoms with van der Waals surface area (Å²) in [5.41, 5.74) is 3.59. The van der Waals surface area contributed by atoms with Gasteiger partial charge < -0.3 is 25.8 Å². The highest BCUT2D eigenvalue weighted by atomic mass is 35.5. The summed E-state index contributed by atoms with van der Waals surface area (Å²) < 4.78 is 6.58. The molecule has 9 heteroatoms. The third-order valence-electron chi connectivity index (χ3n) is 7.81. The number of aliphatic hydroxyl groups is 1. The van der Waals surface area contributed by atoms with Crippen LogP contribution < -0.4 is 20.7 Å². The molecule has 4 aromatic rings. The van der Waals surface area contributed by atoms with Crippen LogP contribution in [-0.2, 0) is 0 Å². The molecule has 3 heterocycles. The fourth-order valence-corrected chi connectivity index (χ4v) is 5.68. The monoisotopic (exact) mass is 560 g/mol. The van der Waals surface area contributed by atoms with E-state index in [4.69, 9.17) is 9.72 Å². The minimum Gasteiger partial charge on any atom is -0.437 e. The molecule has 4 N–H and O–H groups in total. The molecule has 8 nitrogen and oxygen atoms in total. The van der Waals surface area contributed by atoms with Gasteiger partial charge in [-0.25, -0.2) is 15.0 Å². The lowest BCUT2D eigenvalue weighted by molar-refractivity contribution is 0.116. The van der Waals surface area contributed by atoms with E-state index in [0.29, 0.717) is 17.9 Å². The van der Waals surface area contributed by atoms with Crippen molar-refractivity contribution in [1.29, 1.82) is 0 Å². The SMILES string of the molecule is Cc1ccc2c(N[C@H]3CCCC[C@@H]3O)cccc2c1Oc1ncccc1-c1ccnc(NC2CCCNC2)n1.Cl. The van der Waals surface area contributed by atoms with Crippen molar-refractivity contribution in [1.82, 2.24) is 20.3 Å². The Labute approximate surface area is 241 Å². The average molecular weight is 561 g/mol. The van der Waals surface area contributed by atoms with Crippen LogP contribution in [0.1, 0.15) is 44.1 Å². The average Bonchev–Trinajstić information content (AvgIpc) is 2.97. The van der Waals surface area contributed by atoms with Gasteiger partial charge in [-0.15, -0.1) is 12.4 Å². The summed E-state index contributed by atoms with van der Waals surface area (Å²) in [6.45, 7) is 4.02. The molecule has 3 atom stereocenters. The zero-order valence-electron chi connectivity index (χ0n) is 22.8. The van der Waals surface area contributed by atoms with E-state index in [9.17, 15) is 5.11 Å². The second kappa shape index (κ2) is 12.8. The van der Waals surface area contributed by atoms with E-state index in [1.165, 1.54) is 0 Å². The maximum atomic E-state index is 10.5. The van der Waals surface area contributed by atoms with Crippen molar-refractivity contribution in [2.24, 2.45) is 0 Å². The van der Waals surface area contributed by atoms with E-state index < -0.39 is 0 Å². The molecule has 2 aromatic carbocycles. The first kappa shape index (κ1) is 28.1. The molecule has 1 saturated heterocycles. The van der Waals surface area contributed by atoms with Crippen LogP contribution in [0.25, 0.3) is 22.0 Å². The molecule has 210 valence electrons. The van der Waals surface area contributed by atoms with Crippen LogP contribution in [0.4, 0.5) is 11.6 Å². The van der Waals surface area contributed by atoms with E-state index in [2.05, 4.69) is 50.2 Å². The van der Waals surface area contributed by atoms with Crippen molar-refractivity contribution in [2.45, 2.75) is 63.6 Å². The van der Waals surface area contributed by atoms with Gasteiger partial charge in [0.1, 0.15) is 5.75 Å². The van der Waals surface area contributed by atoms with Crippen molar-refractivity contribution in [2.75, 3.05) is 23.7 Å². The summed E-state index contributed by atoms with van der Waals surface area (Å²) >= 11 is 0. The number of nitrogens with zero attached hydrogens (tertiary/aromatic N) is 3. The number of fused-ring (bicyclic) bond motifs is 1. The second-order valence-electron chi connectivity index (χ2n) is 10.6. The van der Waals surface area contributed by atoms with Gasteiger partial charge in [0.05, 0.1) is 23.4 Å². The number of rotatable bonds is 7. The first-order chi connectivity index (χ1) is 19.2. The zero-order valence-corrected chi connectivity index (χ0v) is 23.6. The Balaban J connectivity index is 0.00000323. The number of aryl methyl sites for hydroxylation is 1. The number of hydrogen-bond donors (Lipinski definition) is 4. The van der Waals surface area contributed by atoms with Crippen LogP contribution in [0.2, 0.25) is 0 Å². The van der Waals surface area contributed by atoms with Crippen LogP contribution in [-0.4, -0.2) is 51.3 Å². The molecule has 6 rings (SSSR count). The van der Waals surface area contributed by atoms with E-state index in [0.717, 1.165) is 90.6 Å². The summed E-state index contributed by atoms with van der Waals surface area (Å²) in [6.07, 6.45) is 9.46. The lowest BCUT2D eigenvalue weighted by Crippen LogP contribution is -2.38. The van der Waals surface area contributed by atoms with E-state index in [-0.39, 0.29) is 24.6 Å². The fraction of sp³-hybridized carbons (Fsp3) is 0.387. The summed E-state index contributed by atoms with van der Waals surface area (Å²) in [4.78, 5) is 13.9. The standard InChI is InChI=1S/C31H36N6O2.ClH/c1-20-13-14-22-23(8-4-11-25(22)36-27-10-2-3-12-28(27)38)29(20)39-30-24(9-6-17-33-30)26-15-18-34-31(37-26)35-21-7-5-16-32-19-21;/h4,6,8-9,11,13-15,17-18,21,27-28,32,36,38H,2-3,5,7,10,12,16,19H2,1H3,(H,34,35,37);1H/t21?,27-,28-;/m0./s1. The number of halogens is 1. The van der Waals surface area contributed by atoms with Gasteiger partial charge >= 0.3 is 0 Å². The highest BCUT2D eigenvalue weighted by molar-refractivity contribution is 5.98. The number of ether oxygens (including phenoxy) is 1. The normalized spacial score (nSPS) is 20.9. The highest BCUT2D eigenvalue weighted by Crippen LogP contribution is 2.39. The smallest absolute Gasteiger partial charge is 0.228 e. The van der Waals surface area contributed by atoms with Crippen LogP contribution >= 0.6 is 12.4 Å². The first-order valence-corrected chi connectivity index (χ1v) is 14.1. The number of aromatic nitrogens is 3. The Morgan fingerprint density at radius 2 is 1.80 bits per heavy atom. The Morgan fingerprint density at radius 1 is 0.900 bits per heavy atom. The molecule has 1 aliphatic carbocycles. The Bertz CT molecular complexity index is 1440. The topological polar surface area (TPSA) is 104 Å². The van der Waals surface area contributed by atoms with Crippen molar-refractivity contribution < 1.29 is 9.84 Å². The lowest BCUT2D eigenvalue weighted by atomic mass is 9.92. The van der Waals surface area contributed by atoms with Crippen molar-refractivity contribution >= 4 is 34.8 Å². The van der Waals surface area contributed by atoms with Gasteiger partial charge in [-0.3, -0.25) is 0 Å². The van der Waals surface area contributed by atoms with Gasteiger partial charge in [0.25, 0.3) is 0 Å². The van der Waals surface area contributed by atoms with Crippen LogP contribution in [0.5, 0.6) is 11.6 Å². The number of benzene rings is 2. The second-order valence-corrected chi connectivity index (χ2v) is 10.6. The van der Waals surface area contributed by atoms with E-state index in [1.54, 1.807) is 12.4 Å². The lowest BCUT2D eigenvalue weighted by Gasteiger charge is -2.29. The fourth-order valence-electron chi connectivity index (χ4n) is 5.68. The molecule has 0 amide bonds. The molecule has 0 bridgehead atoms. The quantitative estimate of drug-likeness (QED) is 0.215. The van der Waals surface area contributed by atoms with Crippen molar-refractivity contribution in [3.05, 3.63) is 66.5 Å². The molecule has 2 fully saturated rings. The maximum Gasteiger partial charge on any atom is 0.228 e. The number of anilines is 2. The summed E-state index contributed by atoms with van der Waals surface area (Å²) in [7, 11) is 0. The van der Waals surface area contributed by atoms with Crippen LogP contribution in [0.15, 0.2) is 60.9 Å². The largest absolute Gasteiger partial charge is 0.437 e. The zero-order chi connectivity index (χ0) is 26.6. The highest BCUT2D eigenvalue weighted by Gasteiger charge is 2.24. The van der Waals surface area contributed by atoms with Gasteiger partial charge in [-0.1, -0.05) is 37.1 Å². The molecule has 0 radical (unpaired) electrons. The summed E-state index contributed by atoms with van der Waals surface area (Å²) in [6, 6.07) is 16.5. The summed E-state index contributed by atoms with van der Waals surface area (Å²) in [5.74, 6) is 1.87. The number of hydrogen-bond acceptors (Lipinski definition) is 8. The molecule has 2 aromatic heterocycles. The van der Waals surface area contributed by atoms with Gasteiger partial charge in [-0.2, -0.15) is 0 Å². The number of nitrogens with one attached hydrogen (secondary N) is 3. The van der Waals surface area contributed by atoms with Crippen LogP contribution in [0, 0.1) is 6.92 Å². The van der Waals surface area contributed by atoms with Gasteiger partial charge in [0, 0.05) is 41.4 Å². The van der Waals surface area contributed by atoms with Crippen molar-refractivity contribution in [3.8, 4) is 22.9 Å². The van der Waals surface area contributed by atoms with Gasteiger partial charge in [0.15, 0.2) is 0 Å². The Morgan fingerprint density at radius 3 is 2.65 bits per heavy atom. The predicted molar refractivity (Wildman–Crippen MR) is 163 cm³/mol. The minimum absolute atomic E-state index is 0. The molecule has 40 heavy (non-hydrogen) atoms. The van der Waals surface area contributed by atoms with Crippen molar-refractivity contribution in [3.63, 3.8) is 0 Å². The van der Waals surface area contributed by atoms with Gasteiger partial charge in [0.2, 0.25) is 11.8 Å². The molecule has 1 unspecified atom stereocenters. The first-order valence-electron chi connectivity index (χ1n) is 14.1. The number of pyridine rings is 1. The molecule has 1 saturated carbocycles. The molecule has 2 aliphatic rings. The number of aliphatic hydroxyl groups excluding tert-OH is 1. The Hall–Kier alpha value is -3.46. The molecule has 0 spiro atoms. The third kappa shape index (κ3) is 6.14. The predicted octanol–water partition coefficient (Wildman–Crippen LogP) is 6.09. The minimum atomic E-state index is -0.326. The third-order valence-corrected chi connectivity index (χ3v) is 7.81. The number of piperidine rings is 1. The molecular weight excluding hydrogens is 524 g/mol. The summed E-state index contributed by atoms with van der Waals surface area (Å²) in [5, 5.41) is 23.1. The van der Waals surface area contributed by atoms with E-state index >= 15 is 0 Å².